The van der Waals surface area contributed by atoms with Crippen molar-refractivity contribution in [1.82, 2.24) is 19.4 Å². The van der Waals surface area contributed by atoms with E-state index in [1.165, 1.54) is 0 Å². The Hall–Kier alpha value is -3.41. The van der Waals surface area contributed by atoms with Crippen LogP contribution in [0.1, 0.15) is 45.1 Å². The first-order valence-electron chi connectivity index (χ1n) is 11.9. The average molecular weight is 445 g/mol. The molecule has 0 radical (unpaired) electrons. The van der Waals surface area contributed by atoms with Gasteiger partial charge in [0.05, 0.1) is 5.52 Å². The minimum atomic E-state index is -0.0404. The normalized spacial score (nSPS) is 16.4. The SMILES string of the molecule is CCN(CC)C(=O)C[C@H]1CCCCN1C(=O)/C=C/c1c(-c2ccccc2)nn2ccccc12. The van der Waals surface area contributed by atoms with Gasteiger partial charge in [0.2, 0.25) is 11.8 Å². The summed E-state index contributed by atoms with van der Waals surface area (Å²) in [5.41, 5.74) is 3.72. The molecule has 0 spiro atoms. The summed E-state index contributed by atoms with van der Waals surface area (Å²) in [6.45, 7) is 6.09. The third kappa shape index (κ3) is 5.00. The molecular weight excluding hydrogens is 412 g/mol. The largest absolute Gasteiger partial charge is 0.343 e. The number of hydrogen-bond donors (Lipinski definition) is 0. The van der Waals surface area contributed by atoms with E-state index >= 15 is 0 Å². The van der Waals surface area contributed by atoms with E-state index in [1.807, 2.05) is 89.0 Å². The predicted molar refractivity (Wildman–Crippen MR) is 132 cm³/mol. The molecule has 172 valence electrons. The summed E-state index contributed by atoms with van der Waals surface area (Å²) in [5.74, 6) is 0.0870. The van der Waals surface area contributed by atoms with Gasteiger partial charge in [0.25, 0.3) is 0 Å². The van der Waals surface area contributed by atoms with Crippen LogP contribution in [0.2, 0.25) is 0 Å². The lowest BCUT2D eigenvalue weighted by Crippen LogP contribution is -2.46. The lowest BCUT2D eigenvalue weighted by atomic mass is 9.98. The maximum Gasteiger partial charge on any atom is 0.246 e. The van der Waals surface area contributed by atoms with Crippen molar-refractivity contribution in [3.8, 4) is 11.3 Å². The fourth-order valence-electron chi connectivity index (χ4n) is 4.65. The third-order valence-electron chi connectivity index (χ3n) is 6.45. The van der Waals surface area contributed by atoms with Gasteiger partial charge in [-0.15, -0.1) is 0 Å². The zero-order chi connectivity index (χ0) is 23.2. The second-order valence-corrected chi connectivity index (χ2v) is 8.44. The molecule has 2 amide bonds. The van der Waals surface area contributed by atoms with Crippen molar-refractivity contribution in [3.63, 3.8) is 0 Å². The molecule has 1 atom stereocenters. The van der Waals surface area contributed by atoms with Crippen LogP contribution in [-0.4, -0.2) is 56.9 Å². The molecule has 0 N–H and O–H groups in total. The molecule has 1 saturated heterocycles. The molecule has 1 aliphatic heterocycles. The maximum absolute atomic E-state index is 13.3. The number of pyridine rings is 1. The fraction of sp³-hybridized carbons (Fsp3) is 0.370. The van der Waals surface area contributed by atoms with Crippen molar-refractivity contribution in [2.45, 2.75) is 45.6 Å². The summed E-state index contributed by atoms with van der Waals surface area (Å²) >= 11 is 0. The molecule has 0 aliphatic carbocycles. The van der Waals surface area contributed by atoms with Gasteiger partial charge in [-0.2, -0.15) is 5.10 Å². The number of likely N-dealkylation sites (tertiary alicyclic amines) is 1. The highest BCUT2D eigenvalue weighted by Crippen LogP contribution is 2.28. The maximum atomic E-state index is 13.3. The van der Waals surface area contributed by atoms with Crippen LogP contribution >= 0.6 is 0 Å². The van der Waals surface area contributed by atoms with E-state index in [1.54, 1.807) is 6.08 Å². The molecule has 3 aromatic rings. The van der Waals surface area contributed by atoms with Gasteiger partial charge in [0.1, 0.15) is 5.69 Å². The van der Waals surface area contributed by atoms with E-state index in [9.17, 15) is 9.59 Å². The van der Waals surface area contributed by atoms with Gasteiger partial charge in [0.15, 0.2) is 0 Å². The molecule has 3 heterocycles. The first-order valence-corrected chi connectivity index (χ1v) is 11.9. The Balaban J connectivity index is 1.59. The number of rotatable bonds is 7. The van der Waals surface area contributed by atoms with Crippen molar-refractivity contribution in [2.24, 2.45) is 0 Å². The quantitative estimate of drug-likeness (QED) is 0.498. The lowest BCUT2D eigenvalue weighted by Gasteiger charge is -2.35. The van der Waals surface area contributed by atoms with Crippen LogP contribution in [-0.2, 0) is 9.59 Å². The zero-order valence-corrected chi connectivity index (χ0v) is 19.5. The van der Waals surface area contributed by atoms with E-state index < -0.39 is 0 Å². The molecular formula is C27H32N4O2. The van der Waals surface area contributed by atoms with Crippen LogP contribution in [0, 0.1) is 0 Å². The molecule has 33 heavy (non-hydrogen) atoms. The number of carbonyl (C=O) groups excluding carboxylic acids is 2. The van der Waals surface area contributed by atoms with Crippen molar-refractivity contribution >= 4 is 23.4 Å². The summed E-state index contributed by atoms with van der Waals surface area (Å²) in [7, 11) is 0. The first kappa shape index (κ1) is 22.8. The standard InChI is InChI=1S/C27H32N4O2/c1-3-29(4-2)26(33)20-22-14-8-10-18-30(22)25(32)17-16-23-24-15-9-11-19-31(24)28-27(23)21-12-6-5-7-13-21/h5-7,9,11-13,15-17,19,22H,3-4,8,10,14,18,20H2,1-2H3/b17-16+/t22-/m1/s1. The molecule has 0 saturated carbocycles. The number of carbonyl (C=O) groups is 2. The number of aromatic nitrogens is 2. The smallest absolute Gasteiger partial charge is 0.246 e. The van der Waals surface area contributed by atoms with Crippen LogP contribution in [0.4, 0.5) is 0 Å². The van der Waals surface area contributed by atoms with E-state index in [0.717, 1.165) is 41.6 Å². The molecule has 6 heteroatoms. The Kier molecular flexibility index (Phi) is 7.23. The third-order valence-corrected chi connectivity index (χ3v) is 6.45. The van der Waals surface area contributed by atoms with Crippen LogP contribution in [0.15, 0.2) is 60.8 Å². The Morgan fingerprint density at radius 3 is 2.58 bits per heavy atom. The van der Waals surface area contributed by atoms with Crippen LogP contribution in [0.25, 0.3) is 22.9 Å². The number of nitrogens with zero attached hydrogens (tertiary/aromatic N) is 4. The van der Waals surface area contributed by atoms with Crippen molar-refractivity contribution < 1.29 is 9.59 Å². The van der Waals surface area contributed by atoms with Crippen LogP contribution in [0.5, 0.6) is 0 Å². The molecule has 0 bridgehead atoms. The van der Waals surface area contributed by atoms with Gasteiger partial charge in [-0.3, -0.25) is 9.59 Å². The molecule has 4 rings (SSSR count). The molecule has 1 aromatic carbocycles. The van der Waals surface area contributed by atoms with Crippen molar-refractivity contribution in [1.29, 1.82) is 0 Å². The predicted octanol–water partition coefficient (Wildman–Crippen LogP) is 4.65. The fourth-order valence-corrected chi connectivity index (χ4v) is 4.65. The summed E-state index contributed by atoms with van der Waals surface area (Å²) in [4.78, 5) is 29.7. The van der Waals surface area contributed by atoms with Gasteiger partial charge in [0, 0.05) is 55.5 Å². The second kappa shape index (κ2) is 10.5. The topological polar surface area (TPSA) is 57.9 Å². The number of hydrogen-bond acceptors (Lipinski definition) is 3. The molecule has 1 aliphatic rings. The van der Waals surface area contributed by atoms with Gasteiger partial charge in [-0.05, 0) is 51.3 Å². The average Bonchev–Trinajstić information content (AvgIpc) is 3.23. The van der Waals surface area contributed by atoms with E-state index in [0.29, 0.717) is 26.1 Å². The molecule has 1 fully saturated rings. The lowest BCUT2D eigenvalue weighted by molar-refractivity contribution is -0.135. The van der Waals surface area contributed by atoms with Gasteiger partial charge in [-0.25, -0.2) is 4.52 Å². The highest BCUT2D eigenvalue weighted by atomic mass is 16.2. The summed E-state index contributed by atoms with van der Waals surface area (Å²) < 4.78 is 1.85. The number of benzene rings is 1. The number of piperidine rings is 1. The summed E-state index contributed by atoms with van der Waals surface area (Å²) in [6, 6.07) is 15.9. The van der Waals surface area contributed by atoms with E-state index in [-0.39, 0.29) is 17.9 Å². The van der Waals surface area contributed by atoms with Gasteiger partial charge >= 0.3 is 0 Å². The monoisotopic (exact) mass is 444 g/mol. The van der Waals surface area contributed by atoms with E-state index in [2.05, 4.69) is 0 Å². The minimum Gasteiger partial charge on any atom is -0.343 e. The van der Waals surface area contributed by atoms with E-state index in [4.69, 9.17) is 5.10 Å². The number of amides is 2. The number of fused-ring (bicyclic) bond motifs is 1. The molecule has 2 aromatic heterocycles. The minimum absolute atomic E-state index is 0.0403. The summed E-state index contributed by atoms with van der Waals surface area (Å²) in [6.07, 6.45) is 8.74. The molecule has 6 nitrogen and oxygen atoms in total. The molecule has 0 unspecified atom stereocenters. The highest BCUT2D eigenvalue weighted by molar-refractivity contribution is 5.95. The summed E-state index contributed by atoms with van der Waals surface area (Å²) in [5, 5.41) is 4.76. The first-order chi connectivity index (χ1) is 16.1. The van der Waals surface area contributed by atoms with Crippen molar-refractivity contribution in [2.75, 3.05) is 19.6 Å². The Labute approximate surface area is 195 Å². The van der Waals surface area contributed by atoms with Crippen LogP contribution in [0.3, 0.4) is 0 Å². The Bertz CT molecular complexity index is 1130. The van der Waals surface area contributed by atoms with Gasteiger partial charge < -0.3 is 9.80 Å². The van der Waals surface area contributed by atoms with Gasteiger partial charge in [-0.1, -0.05) is 36.4 Å². The van der Waals surface area contributed by atoms with Crippen LogP contribution < -0.4 is 0 Å². The Morgan fingerprint density at radius 2 is 1.82 bits per heavy atom. The highest BCUT2D eigenvalue weighted by Gasteiger charge is 2.28. The Morgan fingerprint density at radius 1 is 1.06 bits per heavy atom. The van der Waals surface area contributed by atoms with Crippen molar-refractivity contribution in [3.05, 3.63) is 66.4 Å². The second-order valence-electron chi connectivity index (χ2n) is 8.44. The zero-order valence-electron chi connectivity index (χ0n) is 19.5.